The molecule has 270 valence electrons. The summed E-state index contributed by atoms with van der Waals surface area (Å²) in [6.07, 6.45) is 21.2. The smallest absolute Gasteiger partial charge is 0.247 e. The van der Waals surface area contributed by atoms with Crippen molar-refractivity contribution >= 4 is 24.4 Å². The van der Waals surface area contributed by atoms with E-state index in [-0.39, 0.29) is 23.4 Å². The minimum absolute atomic E-state index is 0.0605. The number of terminal acetylenes is 1. The molecular formula is C39H62N8O2. The molecule has 2 aliphatic carbocycles. The summed E-state index contributed by atoms with van der Waals surface area (Å²) in [5.41, 5.74) is 19.0. The third-order valence-corrected chi connectivity index (χ3v) is 8.95. The van der Waals surface area contributed by atoms with Crippen LogP contribution in [-0.4, -0.2) is 57.1 Å². The van der Waals surface area contributed by atoms with E-state index in [9.17, 15) is 14.9 Å². The van der Waals surface area contributed by atoms with E-state index in [1.165, 1.54) is 32.4 Å². The highest BCUT2D eigenvalue weighted by atomic mass is 16.1. The number of nitriles is 1. The van der Waals surface area contributed by atoms with Crippen LogP contribution in [0.2, 0.25) is 0 Å². The van der Waals surface area contributed by atoms with Crippen molar-refractivity contribution in [1.82, 2.24) is 10.6 Å². The van der Waals surface area contributed by atoms with Crippen LogP contribution in [0.5, 0.6) is 0 Å². The van der Waals surface area contributed by atoms with Crippen molar-refractivity contribution in [3.63, 3.8) is 0 Å². The zero-order chi connectivity index (χ0) is 37.4. The number of amides is 1. The Morgan fingerprint density at radius 2 is 1.82 bits per heavy atom. The Bertz CT molecular complexity index is 1340. The molecule has 10 heteroatoms. The number of nitrogens with zero attached hydrogens (tertiary/aromatic N) is 3. The van der Waals surface area contributed by atoms with Gasteiger partial charge in [-0.25, -0.2) is 0 Å². The summed E-state index contributed by atoms with van der Waals surface area (Å²) in [5.74, 6) is 1.86. The Labute approximate surface area is 296 Å². The second-order valence-corrected chi connectivity index (χ2v) is 12.1. The van der Waals surface area contributed by atoms with E-state index in [0.29, 0.717) is 30.2 Å². The topological polar surface area (TPSA) is 185 Å². The second kappa shape index (κ2) is 24.8. The van der Waals surface area contributed by atoms with Crippen LogP contribution in [0.25, 0.3) is 0 Å². The average molecular weight is 675 g/mol. The van der Waals surface area contributed by atoms with E-state index in [1.807, 2.05) is 38.1 Å². The summed E-state index contributed by atoms with van der Waals surface area (Å²) in [5, 5.41) is 16.2. The van der Waals surface area contributed by atoms with Crippen LogP contribution in [-0.2, 0) is 9.59 Å². The van der Waals surface area contributed by atoms with Gasteiger partial charge in [-0.15, -0.1) is 12.8 Å². The average Bonchev–Trinajstić information content (AvgIpc) is 3.59. The van der Waals surface area contributed by atoms with Gasteiger partial charge in [-0.2, -0.15) is 5.26 Å². The van der Waals surface area contributed by atoms with Gasteiger partial charge in [0.25, 0.3) is 0 Å². The number of nitrogens with one attached hydrogen (secondary N) is 2. The first-order valence-corrected chi connectivity index (χ1v) is 17.5. The Hall–Kier alpha value is -4.25. The standard InChI is InChI=1S/C27H32N4O.C6H12N2O.C2H6.C2H2.2CH5N/c1-4-27-12-16(2)8-21(14-27)29-26(32)20-10-22(17(3)13-27)24-23(11-20)30-25(31-24)19-7-5-6-18(9-19)15-28;7-6-8-4-2-1-3-5-9;4*1-2/h5-7,9-10,16-17,21,23H,4,8,11-14H2,1-3H3,(H,29,32)(H,30,31);5-6H,1-4H2,(H2,7,8);1-2H3;1-2H;2*2H2,1H3. The molecule has 0 aromatic heterocycles. The van der Waals surface area contributed by atoms with Crippen LogP contribution in [0.15, 0.2) is 57.2 Å². The van der Waals surface area contributed by atoms with Gasteiger partial charge in [-0.3, -0.25) is 14.8 Å². The number of nitrogens with two attached hydrogens (primary N) is 3. The molecule has 1 saturated carbocycles. The van der Waals surface area contributed by atoms with E-state index in [2.05, 4.69) is 72.9 Å². The van der Waals surface area contributed by atoms with Crippen LogP contribution in [0.3, 0.4) is 0 Å². The van der Waals surface area contributed by atoms with Crippen LogP contribution in [0, 0.1) is 41.4 Å². The first kappa shape index (κ1) is 44.8. The molecule has 1 amide bonds. The highest BCUT2D eigenvalue weighted by molar-refractivity contribution is 6.03. The van der Waals surface area contributed by atoms with Crippen LogP contribution in [0.1, 0.15) is 104 Å². The maximum atomic E-state index is 13.3. The number of unbranched alkanes of at least 4 members (excludes halogenated alkanes) is 2. The van der Waals surface area contributed by atoms with Gasteiger partial charge < -0.3 is 32.6 Å². The molecule has 4 bridgehead atoms. The monoisotopic (exact) mass is 674 g/mol. The summed E-state index contributed by atoms with van der Waals surface area (Å²) in [7, 11) is 3.00. The van der Waals surface area contributed by atoms with Crippen molar-refractivity contribution in [2.75, 3.05) is 20.6 Å². The van der Waals surface area contributed by atoms with Gasteiger partial charge in [0.2, 0.25) is 5.91 Å². The first-order chi connectivity index (χ1) is 23.8. The lowest BCUT2D eigenvalue weighted by molar-refractivity contribution is -0.119. The maximum absolute atomic E-state index is 13.3. The fourth-order valence-electron chi connectivity index (χ4n) is 7.11. The van der Waals surface area contributed by atoms with E-state index < -0.39 is 0 Å². The molecule has 0 radical (unpaired) electrons. The molecule has 5 atom stereocenters. The fraction of sp³-hybridized carbons (Fsp3) is 0.564. The van der Waals surface area contributed by atoms with Crippen LogP contribution >= 0.6 is 0 Å². The molecule has 1 aromatic rings. The third-order valence-electron chi connectivity index (χ3n) is 8.95. The van der Waals surface area contributed by atoms with Crippen molar-refractivity contribution < 1.29 is 9.59 Å². The van der Waals surface area contributed by atoms with Gasteiger partial charge in [-0.1, -0.05) is 53.2 Å². The number of carbonyl (C=O) groups excluding carboxylic acids is 2. The van der Waals surface area contributed by atoms with Crippen LogP contribution < -0.4 is 27.8 Å². The number of hydrogen-bond donors (Lipinski definition) is 5. The number of aldehydes is 1. The van der Waals surface area contributed by atoms with Gasteiger partial charge in [0.1, 0.15) is 12.1 Å². The Kier molecular flexibility index (Phi) is 22.7. The maximum Gasteiger partial charge on any atom is 0.247 e. The van der Waals surface area contributed by atoms with Crippen molar-refractivity contribution in [2.45, 2.75) is 104 Å². The second-order valence-electron chi connectivity index (χ2n) is 12.1. The van der Waals surface area contributed by atoms with Gasteiger partial charge in [0.15, 0.2) is 0 Å². The highest BCUT2D eigenvalue weighted by Gasteiger charge is 2.43. The normalized spacial score (nSPS) is 24.4. The van der Waals surface area contributed by atoms with Gasteiger partial charge in [0.05, 0.1) is 24.0 Å². The number of fused-ring (bicyclic) bond motifs is 4. The number of allylic oxidation sites excluding steroid dienone is 2. The molecule has 10 nitrogen and oxygen atoms in total. The summed E-state index contributed by atoms with van der Waals surface area (Å²) < 4.78 is 0. The third kappa shape index (κ3) is 13.3. The predicted molar refractivity (Wildman–Crippen MR) is 205 cm³/mol. The van der Waals surface area contributed by atoms with E-state index in [0.717, 1.165) is 74.0 Å². The van der Waals surface area contributed by atoms with Crippen LogP contribution in [0.4, 0.5) is 0 Å². The van der Waals surface area contributed by atoms with Gasteiger partial charge >= 0.3 is 0 Å². The van der Waals surface area contributed by atoms with Crippen molar-refractivity contribution in [3.05, 3.63) is 58.3 Å². The molecule has 5 unspecified atom stereocenters. The van der Waals surface area contributed by atoms with E-state index in [4.69, 9.17) is 10.7 Å². The van der Waals surface area contributed by atoms with E-state index >= 15 is 0 Å². The fourth-order valence-corrected chi connectivity index (χ4v) is 7.11. The molecule has 4 aliphatic rings. The van der Waals surface area contributed by atoms with Gasteiger partial charge in [-0.05, 0) is 93.7 Å². The summed E-state index contributed by atoms with van der Waals surface area (Å²) in [4.78, 5) is 31.8. The number of rotatable bonds is 7. The molecule has 5 rings (SSSR count). The molecule has 1 fully saturated rings. The highest BCUT2D eigenvalue weighted by Crippen LogP contribution is 2.49. The molecule has 49 heavy (non-hydrogen) atoms. The number of amidine groups is 1. The summed E-state index contributed by atoms with van der Waals surface area (Å²) in [6.45, 7) is 11.7. The van der Waals surface area contributed by atoms with Gasteiger partial charge in [0, 0.05) is 42.3 Å². The first-order valence-electron chi connectivity index (χ1n) is 17.5. The quantitative estimate of drug-likeness (QED) is 0.0846. The number of carbonyl (C=O) groups is 2. The molecule has 2 heterocycles. The lowest BCUT2D eigenvalue weighted by atomic mass is 9.62. The predicted octanol–water partition coefficient (Wildman–Crippen LogP) is 5.37. The minimum atomic E-state index is -0.0605. The minimum Gasteiger partial charge on any atom is -0.390 e. The Morgan fingerprint density at radius 3 is 2.43 bits per heavy atom. The lowest BCUT2D eigenvalue weighted by Gasteiger charge is -2.46. The molecular weight excluding hydrogens is 612 g/mol. The molecule has 8 N–H and O–H groups in total. The van der Waals surface area contributed by atoms with Crippen molar-refractivity contribution in [1.29, 1.82) is 5.26 Å². The lowest BCUT2D eigenvalue weighted by Crippen LogP contribution is -2.47. The van der Waals surface area contributed by atoms with E-state index in [1.54, 1.807) is 0 Å². The van der Waals surface area contributed by atoms with Crippen molar-refractivity contribution in [2.24, 2.45) is 44.4 Å². The molecule has 2 aliphatic heterocycles. The number of aliphatic imine (C=N–C) groups is 2. The summed E-state index contributed by atoms with van der Waals surface area (Å²) in [6, 6.07) is 9.97. The van der Waals surface area contributed by atoms with Crippen molar-refractivity contribution in [3.8, 4) is 18.9 Å². The summed E-state index contributed by atoms with van der Waals surface area (Å²) >= 11 is 0. The Morgan fingerprint density at radius 1 is 1.12 bits per heavy atom. The molecule has 1 aromatic carbocycles. The SMILES string of the molecule is C#C.CC.CCC12CC(C)CC(C1)NC(=O)C1=CC(=C3NC(c4cccc(C#N)c4)=NC3C1)C(C)C2.CN.CN.NC=NCCCCC=O. The Balaban J connectivity index is 0.00000115. The molecule has 0 saturated heterocycles. The zero-order valence-electron chi connectivity index (χ0n) is 31.0. The molecule has 0 spiro atoms. The number of hydrogen-bond acceptors (Lipinski definition) is 8. The number of benzene rings is 1. The largest absolute Gasteiger partial charge is 0.390 e. The zero-order valence-corrected chi connectivity index (χ0v) is 31.0.